The Bertz CT molecular complexity index is 815. The maximum atomic E-state index is 13.7. The van der Waals surface area contributed by atoms with Crippen molar-refractivity contribution in [3.05, 3.63) is 46.5 Å². The van der Waals surface area contributed by atoms with Gasteiger partial charge in [0, 0.05) is 19.3 Å². The minimum atomic E-state index is -0.648. The number of imidazole rings is 1. The minimum Gasteiger partial charge on any atom is -0.328 e. The number of aryl methyl sites for hydroxylation is 1. The van der Waals surface area contributed by atoms with Crippen LogP contribution in [0.15, 0.2) is 24.4 Å². The molecular formula is C12H10F2N4S. The van der Waals surface area contributed by atoms with E-state index in [4.69, 9.17) is 12.2 Å². The smallest absolute Gasteiger partial charge is 0.178 e. The van der Waals surface area contributed by atoms with E-state index in [0.717, 1.165) is 11.8 Å². The largest absolute Gasteiger partial charge is 0.328 e. The van der Waals surface area contributed by atoms with Gasteiger partial charge in [0.2, 0.25) is 0 Å². The molecule has 3 aromatic rings. The predicted octanol–water partition coefficient (Wildman–Crippen LogP) is 2.76. The molecule has 0 unspecified atom stereocenters. The molecular weight excluding hydrogens is 270 g/mol. The Kier molecular flexibility index (Phi) is 2.70. The van der Waals surface area contributed by atoms with Gasteiger partial charge in [0.15, 0.2) is 10.6 Å². The first-order valence-corrected chi connectivity index (χ1v) is 6.01. The molecule has 0 aliphatic rings. The molecule has 0 spiro atoms. The van der Waals surface area contributed by atoms with Gasteiger partial charge in [-0.15, -0.1) is 0 Å². The summed E-state index contributed by atoms with van der Waals surface area (Å²) in [6.07, 6.45) is 1.66. The number of hydrogen-bond acceptors (Lipinski definition) is 2. The Hall–Kier alpha value is -2.02. The molecule has 0 aliphatic carbocycles. The fourth-order valence-electron chi connectivity index (χ4n) is 2.06. The Balaban J connectivity index is 2.21. The first-order chi connectivity index (χ1) is 9.06. The quantitative estimate of drug-likeness (QED) is 0.733. The zero-order valence-electron chi connectivity index (χ0n) is 10.0. The number of H-pyrrole nitrogens is 1. The van der Waals surface area contributed by atoms with Crippen molar-refractivity contribution < 1.29 is 8.78 Å². The van der Waals surface area contributed by atoms with E-state index in [9.17, 15) is 8.78 Å². The molecule has 98 valence electrons. The van der Waals surface area contributed by atoms with Gasteiger partial charge in [-0.2, -0.15) is 5.10 Å². The number of aromatic nitrogens is 4. The number of benzene rings is 1. The average Bonchev–Trinajstić information content (AvgIpc) is 2.87. The van der Waals surface area contributed by atoms with E-state index in [2.05, 4.69) is 10.1 Å². The normalized spacial score (nSPS) is 11.3. The Morgan fingerprint density at radius 2 is 2.16 bits per heavy atom. The monoisotopic (exact) mass is 280 g/mol. The third-order valence-corrected chi connectivity index (χ3v) is 3.37. The molecule has 0 bridgehead atoms. The zero-order valence-corrected chi connectivity index (χ0v) is 10.8. The Labute approximate surface area is 112 Å². The zero-order chi connectivity index (χ0) is 13.6. The number of nitrogens with one attached hydrogen (secondary N) is 1. The summed E-state index contributed by atoms with van der Waals surface area (Å²) < 4.78 is 30.7. The van der Waals surface area contributed by atoms with E-state index in [1.54, 1.807) is 22.5 Å². The minimum absolute atomic E-state index is 0.216. The second-order valence-corrected chi connectivity index (χ2v) is 4.63. The van der Waals surface area contributed by atoms with E-state index in [1.165, 1.54) is 6.07 Å². The lowest BCUT2D eigenvalue weighted by molar-refractivity contribution is 0.590. The van der Waals surface area contributed by atoms with Gasteiger partial charge in [0.05, 0.1) is 17.8 Å². The van der Waals surface area contributed by atoms with Crippen LogP contribution >= 0.6 is 12.2 Å². The third kappa shape index (κ3) is 1.95. The highest BCUT2D eigenvalue weighted by atomic mass is 32.1. The molecule has 7 heteroatoms. The van der Waals surface area contributed by atoms with Crippen LogP contribution in [0.3, 0.4) is 0 Å². The number of rotatable bonds is 2. The van der Waals surface area contributed by atoms with Gasteiger partial charge in [0.1, 0.15) is 11.3 Å². The van der Waals surface area contributed by atoms with Crippen LogP contribution in [0.4, 0.5) is 8.78 Å². The molecule has 0 saturated heterocycles. The average molecular weight is 280 g/mol. The summed E-state index contributed by atoms with van der Waals surface area (Å²) in [6.45, 7) is 0.401. The molecule has 3 rings (SSSR count). The molecule has 2 heterocycles. The van der Waals surface area contributed by atoms with E-state index in [0.29, 0.717) is 16.8 Å². The van der Waals surface area contributed by atoms with Crippen molar-refractivity contribution in [3.63, 3.8) is 0 Å². The van der Waals surface area contributed by atoms with Crippen LogP contribution in [0.5, 0.6) is 0 Å². The maximum Gasteiger partial charge on any atom is 0.178 e. The predicted molar refractivity (Wildman–Crippen MR) is 69.3 cm³/mol. The topological polar surface area (TPSA) is 38.5 Å². The first kappa shape index (κ1) is 12.0. The molecule has 1 N–H and O–H groups in total. The SMILES string of the molecule is Cn1nccc1Cn1c(=S)[nH]c2c(F)cc(F)cc21. The second-order valence-electron chi connectivity index (χ2n) is 4.24. The van der Waals surface area contributed by atoms with Crippen molar-refractivity contribution in [1.82, 2.24) is 19.3 Å². The summed E-state index contributed by atoms with van der Waals surface area (Å²) in [5, 5.41) is 4.05. The van der Waals surface area contributed by atoms with Crippen molar-refractivity contribution in [2.24, 2.45) is 7.05 Å². The number of aromatic amines is 1. The lowest BCUT2D eigenvalue weighted by Gasteiger charge is -2.05. The van der Waals surface area contributed by atoms with Crippen LogP contribution in [0.25, 0.3) is 11.0 Å². The summed E-state index contributed by atoms with van der Waals surface area (Å²) in [4.78, 5) is 2.76. The van der Waals surface area contributed by atoms with Crippen LogP contribution in [0.1, 0.15) is 5.69 Å². The van der Waals surface area contributed by atoms with Gasteiger partial charge in [-0.05, 0) is 24.4 Å². The molecule has 2 aromatic heterocycles. The van der Waals surface area contributed by atoms with Crippen LogP contribution in [-0.4, -0.2) is 19.3 Å². The van der Waals surface area contributed by atoms with Crippen LogP contribution in [0.2, 0.25) is 0 Å². The van der Waals surface area contributed by atoms with Gasteiger partial charge < -0.3 is 9.55 Å². The number of hydrogen-bond donors (Lipinski definition) is 1. The van der Waals surface area contributed by atoms with Crippen molar-refractivity contribution in [1.29, 1.82) is 0 Å². The van der Waals surface area contributed by atoms with E-state index < -0.39 is 11.6 Å². The molecule has 0 fully saturated rings. The number of fused-ring (bicyclic) bond motifs is 1. The summed E-state index contributed by atoms with van der Waals surface area (Å²) in [5.74, 6) is -1.28. The van der Waals surface area contributed by atoms with E-state index >= 15 is 0 Å². The molecule has 0 radical (unpaired) electrons. The highest BCUT2D eigenvalue weighted by Crippen LogP contribution is 2.20. The van der Waals surface area contributed by atoms with Crippen molar-refractivity contribution in [3.8, 4) is 0 Å². The molecule has 0 saturated carbocycles. The molecule has 19 heavy (non-hydrogen) atoms. The van der Waals surface area contributed by atoms with E-state index in [-0.39, 0.29) is 5.52 Å². The molecule has 0 amide bonds. The molecule has 4 nitrogen and oxygen atoms in total. The van der Waals surface area contributed by atoms with Crippen molar-refractivity contribution in [2.45, 2.75) is 6.54 Å². The van der Waals surface area contributed by atoms with Crippen molar-refractivity contribution in [2.75, 3.05) is 0 Å². The summed E-state index contributed by atoms with van der Waals surface area (Å²) in [5.41, 5.74) is 1.51. The highest BCUT2D eigenvalue weighted by Gasteiger charge is 2.12. The summed E-state index contributed by atoms with van der Waals surface area (Å²) >= 11 is 5.16. The van der Waals surface area contributed by atoms with Crippen LogP contribution in [0, 0.1) is 16.4 Å². The van der Waals surface area contributed by atoms with Gasteiger partial charge in [-0.3, -0.25) is 4.68 Å². The molecule has 0 atom stereocenters. The fourth-order valence-corrected chi connectivity index (χ4v) is 2.32. The van der Waals surface area contributed by atoms with Gasteiger partial charge in [0.25, 0.3) is 0 Å². The number of nitrogens with zero attached hydrogens (tertiary/aromatic N) is 3. The fraction of sp³-hybridized carbons (Fsp3) is 0.167. The second kappa shape index (κ2) is 4.27. The molecule has 1 aromatic carbocycles. The van der Waals surface area contributed by atoms with Crippen LogP contribution in [-0.2, 0) is 13.6 Å². The Morgan fingerprint density at radius 1 is 1.37 bits per heavy atom. The van der Waals surface area contributed by atoms with Gasteiger partial charge >= 0.3 is 0 Å². The van der Waals surface area contributed by atoms with Crippen molar-refractivity contribution >= 4 is 23.3 Å². The number of halogens is 2. The standard InChI is InChI=1S/C12H10F2N4S/c1-17-8(2-3-15-17)6-18-10-5-7(13)4-9(14)11(10)16-12(18)19/h2-5H,6H2,1H3,(H,16,19). The Morgan fingerprint density at radius 3 is 2.84 bits per heavy atom. The molecule has 0 aliphatic heterocycles. The lowest BCUT2D eigenvalue weighted by atomic mass is 10.3. The maximum absolute atomic E-state index is 13.7. The highest BCUT2D eigenvalue weighted by molar-refractivity contribution is 7.71. The van der Waals surface area contributed by atoms with Gasteiger partial charge in [-0.1, -0.05) is 0 Å². The van der Waals surface area contributed by atoms with E-state index in [1.807, 2.05) is 6.07 Å². The lowest BCUT2D eigenvalue weighted by Crippen LogP contribution is -2.05. The van der Waals surface area contributed by atoms with Crippen LogP contribution < -0.4 is 0 Å². The first-order valence-electron chi connectivity index (χ1n) is 5.60. The van der Waals surface area contributed by atoms with Gasteiger partial charge in [-0.25, -0.2) is 8.78 Å². The summed E-state index contributed by atoms with van der Waals surface area (Å²) in [7, 11) is 1.80. The summed E-state index contributed by atoms with van der Waals surface area (Å²) in [6, 6.07) is 3.93. The third-order valence-electron chi connectivity index (χ3n) is 3.04.